The van der Waals surface area contributed by atoms with Gasteiger partial charge in [0.25, 0.3) is 0 Å². The van der Waals surface area contributed by atoms with E-state index in [4.69, 9.17) is 5.11 Å². The number of benzene rings is 1. The number of anilines is 1. The summed E-state index contributed by atoms with van der Waals surface area (Å²) < 4.78 is 26.2. The van der Waals surface area contributed by atoms with Gasteiger partial charge >= 0.3 is 5.97 Å². The lowest BCUT2D eigenvalue weighted by atomic mass is 10.1. The van der Waals surface area contributed by atoms with Gasteiger partial charge in [-0.1, -0.05) is 19.4 Å². The lowest BCUT2D eigenvalue weighted by Gasteiger charge is -2.09. The first-order valence-corrected chi connectivity index (χ1v) is 8.01. The number of sulfonamides is 1. The predicted octanol–water partition coefficient (Wildman–Crippen LogP) is 2.63. The Hall–Kier alpha value is -1.82. The zero-order chi connectivity index (χ0) is 15.2. The van der Waals surface area contributed by atoms with Crippen LogP contribution in [0.2, 0.25) is 0 Å². The van der Waals surface area contributed by atoms with Crippen molar-refractivity contribution in [3.05, 3.63) is 35.4 Å². The smallest absolute Gasteiger partial charge is 0.328 e. The van der Waals surface area contributed by atoms with Crippen LogP contribution in [-0.2, 0) is 14.8 Å². The normalized spacial score (nSPS) is 11.7. The van der Waals surface area contributed by atoms with E-state index >= 15 is 0 Å². The number of rotatable bonds is 7. The van der Waals surface area contributed by atoms with Crippen molar-refractivity contribution < 1.29 is 18.3 Å². The van der Waals surface area contributed by atoms with Crippen molar-refractivity contribution in [2.24, 2.45) is 0 Å². The predicted molar refractivity (Wildman–Crippen MR) is 80.2 cm³/mol. The van der Waals surface area contributed by atoms with E-state index in [1.807, 2.05) is 13.8 Å². The first kappa shape index (κ1) is 16.2. The molecule has 1 aromatic carbocycles. The fourth-order valence-electron chi connectivity index (χ4n) is 1.70. The van der Waals surface area contributed by atoms with Crippen LogP contribution in [0.3, 0.4) is 0 Å². The monoisotopic (exact) mass is 297 g/mol. The number of nitrogens with one attached hydrogen (secondary N) is 1. The van der Waals surface area contributed by atoms with Crippen LogP contribution in [-0.4, -0.2) is 25.2 Å². The van der Waals surface area contributed by atoms with Crippen LogP contribution >= 0.6 is 0 Å². The van der Waals surface area contributed by atoms with E-state index in [0.717, 1.165) is 18.1 Å². The van der Waals surface area contributed by atoms with Crippen molar-refractivity contribution in [1.29, 1.82) is 0 Å². The molecule has 0 saturated heterocycles. The summed E-state index contributed by atoms with van der Waals surface area (Å²) in [6.07, 6.45) is 3.86. The van der Waals surface area contributed by atoms with E-state index in [0.29, 0.717) is 17.7 Å². The molecule has 0 fully saturated rings. The number of carboxylic acid groups (broad SMARTS) is 1. The maximum Gasteiger partial charge on any atom is 0.328 e. The Labute approximate surface area is 119 Å². The maximum atomic E-state index is 11.8. The summed E-state index contributed by atoms with van der Waals surface area (Å²) in [4.78, 5) is 10.5. The van der Waals surface area contributed by atoms with Crippen LogP contribution in [0, 0.1) is 6.92 Å². The van der Waals surface area contributed by atoms with Crippen LogP contribution in [0.25, 0.3) is 6.08 Å². The minimum atomic E-state index is -3.35. The second-order valence-corrected chi connectivity index (χ2v) is 6.42. The highest BCUT2D eigenvalue weighted by Crippen LogP contribution is 2.17. The third-order valence-corrected chi connectivity index (χ3v) is 3.93. The number of carboxylic acids is 1. The van der Waals surface area contributed by atoms with E-state index in [1.54, 1.807) is 18.2 Å². The van der Waals surface area contributed by atoms with Crippen molar-refractivity contribution in [2.75, 3.05) is 10.5 Å². The molecule has 0 aliphatic carbocycles. The third-order valence-electron chi connectivity index (χ3n) is 2.56. The lowest BCUT2D eigenvalue weighted by Crippen LogP contribution is -2.16. The quantitative estimate of drug-likeness (QED) is 0.758. The van der Waals surface area contributed by atoms with Crippen molar-refractivity contribution in [3.63, 3.8) is 0 Å². The number of carbonyl (C=O) groups is 1. The summed E-state index contributed by atoms with van der Waals surface area (Å²) in [5, 5.41) is 8.60. The average molecular weight is 297 g/mol. The Morgan fingerprint density at radius 2 is 2.05 bits per heavy atom. The van der Waals surface area contributed by atoms with Crippen molar-refractivity contribution in [1.82, 2.24) is 0 Å². The number of aliphatic carboxylic acids is 1. The van der Waals surface area contributed by atoms with Gasteiger partial charge in [0.1, 0.15) is 0 Å². The van der Waals surface area contributed by atoms with Crippen molar-refractivity contribution in [2.45, 2.75) is 26.7 Å². The molecule has 0 atom stereocenters. The summed E-state index contributed by atoms with van der Waals surface area (Å²) in [5.41, 5.74) is 1.94. The molecule has 0 aromatic heterocycles. The highest BCUT2D eigenvalue weighted by molar-refractivity contribution is 7.92. The Kier molecular flexibility index (Phi) is 5.76. The standard InChI is InChI=1S/C14H19NO4S/c1-3-4-7-20(18,19)15-13-9-11(2)8-12(10-13)5-6-14(16)17/h5-6,8-10,15H,3-4,7H2,1-2H3,(H,16,17)/b6-5+. The molecule has 6 heteroatoms. The fraction of sp³-hybridized carbons (Fsp3) is 0.357. The highest BCUT2D eigenvalue weighted by Gasteiger charge is 2.10. The number of aryl methyl sites for hydroxylation is 1. The van der Waals surface area contributed by atoms with Gasteiger partial charge in [-0.25, -0.2) is 13.2 Å². The lowest BCUT2D eigenvalue weighted by molar-refractivity contribution is -0.131. The molecule has 110 valence electrons. The van der Waals surface area contributed by atoms with Crippen molar-refractivity contribution in [3.8, 4) is 0 Å². The molecule has 0 aliphatic rings. The Balaban J connectivity index is 2.93. The largest absolute Gasteiger partial charge is 0.478 e. The topological polar surface area (TPSA) is 83.5 Å². The SMILES string of the molecule is CCCCS(=O)(=O)Nc1cc(C)cc(/C=C/C(=O)O)c1. The van der Waals surface area contributed by atoms with Gasteiger partial charge in [0, 0.05) is 11.8 Å². The zero-order valence-electron chi connectivity index (χ0n) is 11.6. The van der Waals surface area contributed by atoms with Gasteiger partial charge in [-0.15, -0.1) is 0 Å². The van der Waals surface area contributed by atoms with Gasteiger partial charge in [-0.2, -0.15) is 0 Å². The Morgan fingerprint density at radius 3 is 2.65 bits per heavy atom. The summed E-state index contributed by atoms with van der Waals surface area (Å²) in [7, 11) is -3.35. The Morgan fingerprint density at radius 1 is 1.35 bits per heavy atom. The van der Waals surface area contributed by atoms with Crippen LogP contribution in [0.15, 0.2) is 24.3 Å². The first-order chi connectivity index (χ1) is 9.32. The van der Waals surface area contributed by atoms with E-state index in [2.05, 4.69) is 4.72 Å². The second-order valence-electron chi connectivity index (χ2n) is 4.58. The van der Waals surface area contributed by atoms with Gasteiger partial charge in [0.05, 0.1) is 5.75 Å². The summed E-state index contributed by atoms with van der Waals surface area (Å²) >= 11 is 0. The molecule has 0 aliphatic heterocycles. The molecule has 0 heterocycles. The Bertz CT molecular complexity index is 606. The van der Waals surface area contributed by atoms with E-state index in [9.17, 15) is 13.2 Å². The van der Waals surface area contributed by atoms with Gasteiger partial charge in [-0.05, 0) is 42.7 Å². The second kappa shape index (κ2) is 7.09. The van der Waals surface area contributed by atoms with Gasteiger partial charge in [-0.3, -0.25) is 4.72 Å². The van der Waals surface area contributed by atoms with E-state index in [1.165, 1.54) is 6.08 Å². The minimum Gasteiger partial charge on any atom is -0.478 e. The van der Waals surface area contributed by atoms with Crippen LogP contribution in [0.1, 0.15) is 30.9 Å². The first-order valence-electron chi connectivity index (χ1n) is 6.35. The number of unbranched alkanes of at least 4 members (excludes halogenated alkanes) is 1. The van der Waals surface area contributed by atoms with Crippen LogP contribution in [0.5, 0.6) is 0 Å². The molecule has 5 nitrogen and oxygen atoms in total. The molecule has 0 radical (unpaired) electrons. The number of hydrogen-bond donors (Lipinski definition) is 2. The average Bonchev–Trinajstić information content (AvgIpc) is 2.32. The van der Waals surface area contributed by atoms with Gasteiger partial charge in [0.15, 0.2) is 0 Å². The summed E-state index contributed by atoms with van der Waals surface area (Å²) in [6.45, 7) is 3.75. The number of hydrogen-bond acceptors (Lipinski definition) is 3. The molecule has 0 saturated carbocycles. The fourth-order valence-corrected chi connectivity index (χ4v) is 2.95. The molecule has 1 rings (SSSR count). The van der Waals surface area contributed by atoms with Gasteiger partial charge in [0.2, 0.25) is 10.0 Å². The minimum absolute atomic E-state index is 0.0811. The molecule has 0 amide bonds. The molecule has 0 spiro atoms. The zero-order valence-corrected chi connectivity index (χ0v) is 12.4. The van der Waals surface area contributed by atoms with E-state index < -0.39 is 16.0 Å². The molecular weight excluding hydrogens is 278 g/mol. The summed E-state index contributed by atoms with van der Waals surface area (Å²) in [6, 6.07) is 5.10. The van der Waals surface area contributed by atoms with Gasteiger partial charge < -0.3 is 5.11 Å². The van der Waals surface area contributed by atoms with E-state index in [-0.39, 0.29) is 5.75 Å². The van der Waals surface area contributed by atoms with Crippen LogP contribution < -0.4 is 4.72 Å². The summed E-state index contributed by atoms with van der Waals surface area (Å²) in [5.74, 6) is -0.964. The van der Waals surface area contributed by atoms with Crippen LogP contribution in [0.4, 0.5) is 5.69 Å². The third kappa shape index (κ3) is 5.88. The molecule has 2 N–H and O–H groups in total. The molecular formula is C14H19NO4S. The maximum absolute atomic E-state index is 11.8. The highest BCUT2D eigenvalue weighted by atomic mass is 32.2. The molecule has 0 unspecified atom stereocenters. The molecule has 1 aromatic rings. The molecule has 0 bridgehead atoms. The van der Waals surface area contributed by atoms with Crippen molar-refractivity contribution >= 4 is 27.8 Å². The molecule has 20 heavy (non-hydrogen) atoms.